The van der Waals surface area contributed by atoms with Crippen LogP contribution >= 0.6 is 0 Å². The lowest BCUT2D eigenvalue weighted by Gasteiger charge is -2.32. The highest BCUT2D eigenvalue weighted by molar-refractivity contribution is 4.85. The molecular formula is C12H22N2O. The molecule has 3 heterocycles. The molecule has 3 nitrogen and oxygen atoms in total. The SMILES string of the molecule is C1CNC(CCN2CC3CCC(C2)O3)C1. The summed E-state index contributed by atoms with van der Waals surface area (Å²) in [6, 6.07) is 0.797. The van der Waals surface area contributed by atoms with E-state index in [1.165, 1.54) is 58.3 Å². The summed E-state index contributed by atoms with van der Waals surface area (Å²) in [7, 11) is 0. The fraction of sp³-hybridized carbons (Fsp3) is 1.00. The van der Waals surface area contributed by atoms with Gasteiger partial charge in [0.15, 0.2) is 0 Å². The van der Waals surface area contributed by atoms with Crippen LogP contribution in [-0.2, 0) is 4.74 Å². The van der Waals surface area contributed by atoms with Crippen LogP contribution in [0.5, 0.6) is 0 Å². The average molecular weight is 210 g/mol. The molecule has 3 atom stereocenters. The van der Waals surface area contributed by atoms with Crippen LogP contribution in [0.2, 0.25) is 0 Å². The molecule has 0 spiro atoms. The molecule has 3 fully saturated rings. The molecule has 0 aromatic rings. The molecule has 3 saturated heterocycles. The molecule has 3 rings (SSSR count). The van der Waals surface area contributed by atoms with Gasteiger partial charge in [0, 0.05) is 19.1 Å². The van der Waals surface area contributed by atoms with Gasteiger partial charge in [-0.25, -0.2) is 0 Å². The van der Waals surface area contributed by atoms with Crippen LogP contribution in [0, 0.1) is 0 Å². The first-order valence-electron chi connectivity index (χ1n) is 6.51. The summed E-state index contributed by atoms with van der Waals surface area (Å²) < 4.78 is 5.84. The van der Waals surface area contributed by atoms with Gasteiger partial charge in [0.2, 0.25) is 0 Å². The van der Waals surface area contributed by atoms with Crippen LogP contribution in [0.15, 0.2) is 0 Å². The molecule has 86 valence electrons. The molecule has 2 bridgehead atoms. The lowest BCUT2D eigenvalue weighted by Crippen LogP contribution is -2.44. The van der Waals surface area contributed by atoms with Gasteiger partial charge in [-0.05, 0) is 45.2 Å². The molecule has 1 N–H and O–H groups in total. The van der Waals surface area contributed by atoms with Gasteiger partial charge in [0.1, 0.15) is 0 Å². The molecular weight excluding hydrogens is 188 g/mol. The minimum absolute atomic E-state index is 0.556. The summed E-state index contributed by atoms with van der Waals surface area (Å²) in [5, 5.41) is 3.58. The molecule has 0 aromatic carbocycles. The van der Waals surface area contributed by atoms with Crippen molar-refractivity contribution in [1.82, 2.24) is 10.2 Å². The Labute approximate surface area is 92.2 Å². The lowest BCUT2D eigenvalue weighted by atomic mass is 10.1. The van der Waals surface area contributed by atoms with Crippen LogP contribution in [0.25, 0.3) is 0 Å². The smallest absolute Gasteiger partial charge is 0.0707 e. The van der Waals surface area contributed by atoms with Gasteiger partial charge >= 0.3 is 0 Å². The van der Waals surface area contributed by atoms with Crippen LogP contribution in [-0.4, -0.2) is 49.3 Å². The van der Waals surface area contributed by atoms with Gasteiger partial charge in [0.25, 0.3) is 0 Å². The third-order valence-electron chi connectivity index (χ3n) is 4.08. The minimum atomic E-state index is 0.556. The summed E-state index contributed by atoms with van der Waals surface area (Å²) in [5.41, 5.74) is 0. The van der Waals surface area contributed by atoms with Gasteiger partial charge in [-0.15, -0.1) is 0 Å². The maximum absolute atomic E-state index is 5.84. The van der Waals surface area contributed by atoms with Crippen molar-refractivity contribution in [3.05, 3.63) is 0 Å². The fourth-order valence-electron chi connectivity index (χ4n) is 3.22. The zero-order valence-corrected chi connectivity index (χ0v) is 9.45. The number of hydrogen-bond donors (Lipinski definition) is 1. The van der Waals surface area contributed by atoms with Crippen molar-refractivity contribution in [1.29, 1.82) is 0 Å². The summed E-state index contributed by atoms with van der Waals surface area (Å²) >= 11 is 0. The van der Waals surface area contributed by atoms with E-state index in [2.05, 4.69) is 10.2 Å². The second-order valence-corrected chi connectivity index (χ2v) is 5.30. The minimum Gasteiger partial charge on any atom is -0.372 e. The molecule has 0 radical (unpaired) electrons. The Kier molecular flexibility index (Phi) is 2.95. The molecule has 3 aliphatic heterocycles. The van der Waals surface area contributed by atoms with E-state index < -0.39 is 0 Å². The average Bonchev–Trinajstić information content (AvgIpc) is 2.86. The molecule has 0 aromatic heterocycles. The molecule has 3 heteroatoms. The fourth-order valence-corrected chi connectivity index (χ4v) is 3.22. The summed E-state index contributed by atoms with van der Waals surface area (Å²) in [5.74, 6) is 0. The Morgan fingerprint density at radius 2 is 1.93 bits per heavy atom. The third-order valence-corrected chi connectivity index (χ3v) is 4.08. The van der Waals surface area contributed by atoms with E-state index in [9.17, 15) is 0 Å². The lowest BCUT2D eigenvalue weighted by molar-refractivity contribution is -0.0389. The van der Waals surface area contributed by atoms with Crippen molar-refractivity contribution < 1.29 is 4.74 Å². The maximum atomic E-state index is 5.84. The number of hydrogen-bond acceptors (Lipinski definition) is 3. The van der Waals surface area contributed by atoms with Gasteiger partial charge < -0.3 is 10.1 Å². The van der Waals surface area contributed by atoms with Gasteiger partial charge in [0.05, 0.1) is 12.2 Å². The predicted molar refractivity (Wildman–Crippen MR) is 60.0 cm³/mol. The summed E-state index contributed by atoms with van der Waals surface area (Å²) in [6.07, 6.45) is 7.79. The van der Waals surface area contributed by atoms with Gasteiger partial charge in [-0.2, -0.15) is 0 Å². The summed E-state index contributed by atoms with van der Waals surface area (Å²) in [6.45, 7) is 4.87. The van der Waals surface area contributed by atoms with Crippen molar-refractivity contribution in [3.8, 4) is 0 Å². The first kappa shape index (κ1) is 10.1. The Morgan fingerprint density at radius 1 is 1.13 bits per heavy atom. The van der Waals surface area contributed by atoms with Crippen molar-refractivity contribution in [2.24, 2.45) is 0 Å². The second kappa shape index (κ2) is 4.40. The zero-order chi connectivity index (χ0) is 10.1. The van der Waals surface area contributed by atoms with Crippen molar-refractivity contribution in [3.63, 3.8) is 0 Å². The molecule has 15 heavy (non-hydrogen) atoms. The molecule has 0 amide bonds. The number of fused-ring (bicyclic) bond motifs is 2. The van der Waals surface area contributed by atoms with Gasteiger partial charge in [-0.3, -0.25) is 4.90 Å². The van der Waals surface area contributed by atoms with E-state index in [4.69, 9.17) is 4.74 Å². The van der Waals surface area contributed by atoms with Crippen LogP contribution in [0.1, 0.15) is 32.1 Å². The summed E-state index contributed by atoms with van der Waals surface area (Å²) in [4.78, 5) is 2.62. The molecule has 3 unspecified atom stereocenters. The van der Waals surface area contributed by atoms with E-state index in [0.29, 0.717) is 12.2 Å². The van der Waals surface area contributed by atoms with Crippen molar-refractivity contribution >= 4 is 0 Å². The molecule has 3 aliphatic rings. The largest absolute Gasteiger partial charge is 0.372 e. The topological polar surface area (TPSA) is 24.5 Å². The Morgan fingerprint density at radius 3 is 2.60 bits per heavy atom. The van der Waals surface area contributed by atoms with E-state index in [0.717, 1.165) is 6.04 Å². The number of rotatable bonds is 3. The Bertz CT molecular complexity index is 204. The second-order valence-electron chi connectivity index (χ2n) is 5.30. The molecule has 0 aliphatic carbocycles. The highest BCUT2D eigenvalue weighted by Crippen LogP contribution is 2.26. The van der Waals surface area contributed by atoms with Gasteiger partial charge in [-0.1, -0.05) is 0 Å². The monoisotopic (exact) mass is 210 g/mol. The molecule has 0 saturated carbocycles. The number of ether oxygens (including phenoxy) is 1. The van der Waals surface area contributed by atoms with Crippen molar-refractivity contribution in [2.45, 2.75) is 50.4 Å². The highest BCUT2D eigenvalue weighted by Gasteiger charge is 2.33. The standard InChI is InChI=1S/C12H22N2O/c1-2-10(13-6-1)5-7-14-8-11-3-4-12(9-14)15-11/h10-13H,1-9H2. The number of nitrogens with one attached hydrogen (secondary N) is 1. The van der Waals surface area contributed by atoms with Crippen molar-refractivity contribution in [2.75, 3.05) is 26.2 Å². The zero-order valence-electron chi connectivity index (χ0n) is 9.45. The van der Waals surface area contributed by atoms with E-state index in [1.54, 1.807) is 0 Å². The Balaban J connectivity index is 1.43. The Hall–Kier alpha value is -0.120. The normalized spacial score (nSPS) is 41.2. The number of morpholine rings is 1. The van der Waals surface area contributed by atoms with E-state index in [1.807, 2.05) is 0 Å². The van der Waals surface area contributed by atoms with E-state index in [-0.39, 0.29) is 0 Å². The van der Waals surface area contributed by atoms with Crippen LogP contribution in [0.4, 0.5) is 0 Å². The maximum Gasteiger partial charge on any atom is 0.0707 e. The number of likely N-dealkylation sites (tertiary alicyclic amines) is 1. The first-order chi connectivity index (χ1) is 7.40. The first-order valence-corrected chi connectivity index (χ1v) is 6.51. The number of nitrogens with zero attached hydrogens (tertiary/aromatic N) is 1. The predicted octanol–water partition coefficient (Wildman–Crippen LogP) is 0.992. The van der Waals surface area contributed by atoms with E-state index >= 15 is 0 Å². The quantitative estimate of drug-likeness (QED) is 0.752. The van der Waals surface area contributed by atoms with Crippen LogP contribution < -0.4 is 5.32 Å². The van der Waals surface area contributed by atoms with Crippen LogP contribution in [0.3, 0.4) is 0 Å². The third kappa shape index (κ3) is 2.35. The highest BCUT2D eigenvalue weighted by atomic mass is 16.5.